The molecule has 0 aliphatic rings. The first kappa shape index (κ1) is 14.2. The molecule has 0 aliphatic carbocycles. The van der Waals surface area contributed by atoms with Crippen LogP contribution in [0.15, 0.2) is 6.20 Å². The summed E-state index contributed by atoms with van der Waals surface area (Å²) in [6.07, 6.45) is 1.34. The summed E-state index contributed by atoms with van der Waals surface area (Å²) in [4.78, 5) is 21.3. The summed E-state index contributed by atoms with van der Waals surface area (Å²) in [6, 6.07) is 0. The highest BCUT2D eigenvalue weighted by Crippen LogP contribution is 2.16. The second kappa shape index (κ2) is 5.95. The number of aliphatic carboxylic acids is 1. The van der Waals surface area contributed by atoms with E-state index in [1.54, 1.807) is 20.2 Å². The third kappa shape index (κ3) is 3.12. The summed E-state index contributed by atoms with van der Waals surface area (Å²) in [5.41, 5.74) is 0.994. The molecule has 90 valence electrons. The van der Waals surface area contributed by atoms with Gasteiger partial charge in [-0.05, 0) is 12.5 Å². The number of rotatable bonds is 3. The Morgan fingerprint density at radius 1 is 1.31 bits per heavy atom. The van der Waals surface area contributed by atoms with Crippen molar-refractivity contribution in [3.8, 4) is 0 Å². The molecule has 0 atom stereocenters. The van der Waals surface area contributed by atoms with Crippen LogP contribution in [-0.4, -0.2) is 26.7 Å². The van der Waals surface area contributed by atoms with Crippen LogP contribution in [0.2, 0.25) is 0 Å². The van der Waals surface area contributed by atoms with E-state index in [0.29, 0.717) is 11.3 Å². The van der Waals surface area contributed by atoms with Crippen LogP contribution in [0.3, 0.4) is 0 Å². The van der Waals surface area contributed by atoms with Crippen LogP contribution in [0, 0.1) is 6.92 Å². The molecule has 0 aliphatic heterocycles. The number of aromatic nitrogens is 1. The topological polar surface area (TPSA) is 79.5 Å². The molecule has 1 aromatic rings. The number of hydrogen-bond donors (Lipinski definition) is 2. The van der Waals surface area contributed by atoms with E-state index in [0.717, 1.165) is 0 Å². The van der Waals surface area contributed by atoms with Gasteiger partial charge in [0.2, 0.25) is 0 Å². The fourth-order valence-corrected chi connectivity index (χ4v) is 1.49. The average Bonchev–Trinajstić information content (AvgIpc) is 2.44. The molecule has 0 amide bonds. The average molecular weight is 227 g/mol. The zero-order valence-electron chi connectivity index (χ0n) is 9.94. The molecule has 16 heavy (non-hydrogen) atoms. The Morgan fingerprint density at radius 3 is 2.19 bits per heavy atom. The summed E-state index contributed by atoms with van der Waals surface area (Å²) in [5.74, 6) is -2.12. The first-order valence-corrected chi connectivity index (χ1v) is 5.03. The fourth-order valence-electron chi connectivity index (χ4n) is 1.49. The van der Waals surface area contributed by atoms with E-state index in [9.17, 15) is 9.59 Å². The summed E-state index contributed by atoms with van der Waals surface area (Å²) in [5, 5.41) is 17.5. The molecule has 0 unspecified atom stereocenters. The van der Waals surface area contributed by atoms with E-state index in [-0.39, 0.29) is 12.0 Å². The predicted molar refractivity (Wildman–Crippen MR) is 59.8 cm³/mol. The van der Waals surface area contributed by atoms with Gasteiger partial charge in [0.1, 0.15) is 0 Å². The van der Waals surface area contributed by atoms with Crippen molar-refractivity contribution in [1.29, 1.82) is 0 Å². The first-order valence-electron chi connectivity index (χ1n) is 5.03. The van der Waals surface area contributed by atoms with E-state index >= 15 is 0 Å². The van der Waals surface area contributed by atoms with Gasteiger partial charge in [-0.25, -0.2) is 4.79 Å². The number of aryl methyl sites for hydroxylation is 2. The third-order valence-corrected chi connectivity index (χ3v) is 2.03. The molecule has 0 aromatic carbocycles. The van der Waals surface area contributed by atoms with Crippen LogP contribution in [0.5, 0.6) is 0 Å². The van der Waals surface area contributed by atoms with Gasteiger partial charge in [0.15, 0.2) is 0 Å². The molecular formula is C11H17NO4. The second-order valence-corrected chi connectivity index (χ2v) is 3.12. The minimum Gasteiger partial charge on any atom is -0.481 e. The van der Waals surface area contributed by atoms with Crippen molar-refractivity contribution in [2.24, 2.45) is 7.05 Å². The van der Waals surface area contributed by atoms with E-state index in [1.807, 2.05) is 13.8 Å². The van der Waals surface area contributed by atoms with Gasteiger partial charge in [0.25, 0.3) is 0 Å². The number of carboxylic acid groups (broad SMARTS) is 2. The van der Waals surface area contributed by atoms with Crippen molar-refractivity contribution in [2.75, 3.05) is 0 Å². The normalized spacial score (nSPS) is 9.25. The van der Waals surface area contributed by atoms with Gasteiger partial charge in [0.05, 0.1) is 12.0 Å². The first-order chi connectivity index (χ1) is 7.43. The van der Waals surface area contributed by atoms with Gasteiger partial charge < -0.3 is 14.8 Å². The van der Waals surface area contributed by atoms with Gasteiger partial charge in [0, 0.05) is 18.9 Å². The molecule has 0 saturated carbocycles. The Hall–Kier alpha value is -1.78. The van der Waals surface area contributed by atoms with Crippen molar-refractivity contribution in [2.45, 2.75) is 27.2 Å². The molecule has 1 heterocycles. The highest BCUT2D eigenvalue weighted by molar-refractivity contribution is 5.92. The van der Waals surface area contributed by atoms with Crippen LogP contribution in [0.25, 0.3) is 0 Å². The molecule has 5 nitrogen and oxygen atoms in total. The monoisotopic (exact) mass is 227 g/mol. The molecule has 2 N–H and O–H groups in total. The maximum atomic E-state index is 10.8. The maximum Gasteiger partial charge on any atom is 0.337 e. The number of nitrogens with zero attached hydrogens (tertiary/aromatic N) is 1. The van der Waals surface area contributed by atoms with Gasteiger partial charge in [-0.15, -0.1) is 0 Å². The Bertz CT molecular complexity index is 393. The van der Waals surface area contributed by atoms with Gasteiger partial charge in [-0.1, -0.05) is 13.8 Å². The minimum atomic E-state index is -1.08. The number of hydrogen-bond acceptors (Lipinski definition) is 2. The lowest BCUT2D eigenvalue weighted by Gasteiger charge is -2.01. The molecule has 5 heteroatoms. The Balaban J connectivity index is 0.00000106. The molecule has 0 fully saturated rings. The van der Waals surface area contributed by atoms with E-state index < -0.39 is 11.9 Å². The highest BCUT2D eigenvalue weighted by Gasteiger charge is 2.19. The van der Waals surface area contributed by atoms with Crippen LogP contribution >= 0.6 is 0 Å². The standard InChI is InChI=1S/C9H11NO4.C2H6/c1-5-4-10(2)6(3-7(11)12)8(5)9(13)14;1-2/h4H,3H2,1-2H3,(H,11,12)(H,13,14);1-2H3. The summed E-state index contributed by atoms with van der Waals surface area (Å²) >= 11 is 0. The van der Waals surface area contributed by atoms with E-state index in [2.05, 4.69) is 0 Å². The Labute approximate surface area is 94.3 Å². The lowest BCUT2D eigenvalue weighted by Crippen LogP contribution is -2.10. The molecule has 0 bridgehead atoms. The van der Waals surface area contributed by atoms with Crippen molar-refractivity contribution < 1.29 is 19.8 Å². The van der Waals surface area contributed by atoms with Crippen LogP contribution in [0.4, 0.5) is 0 Å². The van der Waals surface area contributed by atoms with Gasteiger partial charge in [-0.2, -0.15) is 0 Å². The molecule has 1 rings (SSSR count). The molecule has 0 spiro atoms. The molecule has 1 aromatic heterocycles. The van der Waals surface area contributed by atoms with E-state index in [4.69, 9.17) is 10.2 Å². The highest BCUT2D eigenvalue weighted by atomic mass is 16.4. The molecular weight excluding hydrogens is 210 g/mol. The summed E-state index contributed by atoms with van der Waals surface area (Å²) < 4.78 is 1.53. The van der Waals surface area contributed by atoms with Crippen LogP contribution in [-0.2, 0) is 18.3 Å². The number of aromatic carboxylic acids is 1. The van der Waals surface area contributed by atoms with Crippen molar-refractivity contribution >= 4 is 11.9 Å². The van der Waals surface area contributed by atoms with Gasteiger partial charge >= 0.3 is 11.9 Å². The largest absolute Gasteiger partial charge is 0.481 e. The van der Waals surface area contributed by atoms with E-state index in [1.165, 1.54) is 4.57 Å². The fraction of sp³-hybridized carbons (Fsp3) is 0.455. The molecule has 0 radical (unpaired) electrons. The smallest absolute Gasteiger partial charge is 0.337 e. The van der Waals surface area contributed by atoms with Crippen LogP contribution in [0.1, 0.15) is 35.5 Å². The van der Waals surface area contributed by atoms with Crippen molar-refractivity contribution in [3.63, 3.8) is 0 Å². The van der Waals surface area contributed by atoms with Gasteiger partial charge in [-0.3, -0.25) is 4.79 Å². The van der Waals surface area contributed by atoms with Crippen molar-refractivity contribution in [1.82, 2.24) is 4.57 Å². The second-order valence-electron chi connectivity index (χ2n) is 3.12. The SMILES string of the molecule is CC.Cc1cn(C)c(CC(=O)O)c1C(=O)O. The lowest BCUT2D eigenvalue weighted by molar-refractivity contribution is -0.136. The zero-order chi connectivity index (χ0) is 12.9. The minimum absolute atomic E-state index is 0.0925. The quantitative estimate of drug-likeness (QED) is 0.823. The maximum absolute atomic E-state index is 10.8. The summed E-state index contributed by atoms with van der Waals surface area (Å²) in [7, 11) is 1.64. The Morgan fingerprint density at radius 2 is 1.81 bits per heavy atom. The third-order valence-electron chi connectivity index (χ3n) is 2.03. The Kier molecular flexibility index (Phi) is 5.29. The number of carbonyl (C=O) groups is 2. The molecule has 0 saturated heterocycles. The zero-order valence-corrected chi connectivity index (χ0v) is 9.94. The van der Waals surface area contributed by atoms with Crippen LogP contribution < -0.4 is 0 Å². The van der Waals surface area contributed by atoms with Crippen molar-refractivity contribution in [3.05, 3.63) is 23.0 Å². The predicted octanol–water partition coefficient (Wildman–Crippen LogP) is 1.69. The summed E-state index contributed by atoms with van der Waals surface area (Å²) in [6.45, 7) is 5.65. The lowest BCUT2D eigenvalue weighted by atomic mass is 10.1. The number of carboxylic acids is 2.